The predicted octanol–water partition coefficient (Wildman–Crippen LogP) is 3.15. The second-order valence-electron chi connectivity index (χ2n) is 4.94. The van der Waals surface area contributed by atoms with E-state index in [1.54, 1.807) is 18.2 Å². The molecule has 0 bridgehead atoms. The molecule has 1 fully saturated rings. The van der Waals surface area contributed by atoms with E-state index in [4.69, 9.17) is 4.74 Å². The Morgan fingerprint density at radius 2 is 2.00 bits per heavy atom. The van der Waals surface area contributed by atoms with Gasteiger partial charge in [-0.15, -0.1) is 0 Å². The number of hydrogen-bond acceptors (Lipinski definition) is 4. The molecule has 1 aromatic carbocycles. The standard InChI is InChI=1S/C14H18N2O4/c17-14(15-12-7-2-1-3-8-12)20-10-11-6-4-5-9-13(11)16(18)19/h4-6,9,12H,1-3,7-8,10H2,(H,15,17). The number of para-hydroxylation sites is 1. The first-order valence-corrected chi connectivity index (χ1v) is 6.82. The Labute approximate surface area is 117 Å². The molecule has 0 aliphatic heterocycles. The Hall–Kier alpha value is -2.11. The molecule has 1 aliphatic carbocycles. The lowest BCUT2D eigenvalue weighted by Gasteiger charge is -2.22. The van der Waals surface area contributed by atoms with Crippen LogP contribution in [0.2, 0.25) is 0 Å². The molecule has 108 valence electrons. The van der Waals surface area contributed by atoms with Gasteiger partial charge in [-0.3, -0.25) is 10.1 Å². The maximum absolute atomic E-state index is 11.7. The number of amides is 1. The molecule has 1 N–H and O–H groups in total. The highest BCUT2D eigenvalue weighted by Crippen LogP contribution is 2.19. The molecule has 1 saturated carbocycles. The monoisotopic (exact) mass is 278 g/mol. The number of carbonyl (C=O) groups excluding carboxylic acids is 1. The summed E-state index contributed by atoms with van der Waals surface area (Å²) in [5.41, 5.74) is 0.370. The summed E-state index contributed by atoms with van der Waals surface area (Å²) in [5, 5.41) is 13.6. The normalized spacial score (nSPS) is 15.6. The van der Waals surface area contributed by atoms with E-state index in [2.05, 4.69) is 5.32 Å². The van der Waals surface area contributed by atoms with Crippen molar-refractivity contribution in [1.29, 1.82) is 0 Å². The number of nitrogens with one attached hydrogen (secondary N) is 1. The summed E-state index contributed by atoms with van der Waals surface area (Å²) in [5.74, 6) is 0. The van der Waals surface area contributed by atoms with E-state index in [0.29, 0.717) is 5.56 Å². The maximum atomic E-state index is 11.7. The minimum Gasteiger partial charge on any atom is -0.444 e. The van der Waals surface area contributed by atoms with Gasteiger partial charge in [0.05, 0.1) is 10.5 Å². The van der Waals surface area contributed by atoms with Gasteiger partial charge in [-0.2, -0.15) is 0 Å². The highest BCUT2D eigenvalue weighted by molar-refractivity contribution is 5.67. The van der Waals surface area contributed by atoms with Gasteiger partial charge in [0, 0.05) is 12.1 Å². The van der Waals surface area contributed by atoms with E-state index in [9.17, 15) is 14.9 Å². The highest BCUT2D eigenvalue weighted by atomic mass is 16.6. The molecule has 2 rings (SSSR count). The average Bonchev–Trinajstić information content (AvgIpc) is 2.46. The molecular weight excluding hydrogens is 260 g/mol. The van der Waals surface area contributed by atoms with E-state index in [0.717, 1.165) is 25.7 Å². The quantitative estimate of drug-likeness (QED) is 0.677. The van der Waals surface area contributed by atoms with Crippen molar-refractivity contribution in [1.82, 2.24) is 5.32 Å². The largest absolute Gasteiger partial charge is 0.444 e. The van der Waals surface area contributed by atoms with Gasteiger partial charge < -0.3 is 10.1 Å². The molecule has 20 heavy (non-hydrogen) atoms. The van der Waals surface area contributed by atoms with Crippen molar-refractivity contribution < 1.29 is 14.5 Å². The van der Waals surface area contributed by atoms with Crippen LogP contribution in [0.1, 0.15) is 37.7 Å². The number of nitrogens with zero attached hydrogens (tertiary/aromatic N) is 1. The fourth-order valence-electron chi connectivity index (χ4n) is 2.41. The third-order valence-corrected chi connectivity index (χ3v) is 3.47. The van der Waals surface area contributed by atoms with E-state index >= 15 is 0 Å². The maximum Gasteiger partial charge on any atom is 0.407 e. The van der Waals surface area contributed by atoms with Crippen LogP contribution in [-0.4, -0.2) is 17.1 Å². The number of benzene rings is 1. The third kappa shape index (κ3) is 3.94. The molecule has 0 heterocycles. The lowest BCUT2D eigenvalue weighted by Crippen LogP contribution is -2.36. The van der Waals surface area contributed by atoms with Crippen LogP contribution in [0.15, 0.2) is 24.3 Å². The molecular formula is C14H18N2O4. The Morgan fingerprint density at radius 1 is 1.30 bits per heavy atom. The average molecular weight is 278 g/mol. The molecule has 0 unspecified atom stereocenters. The zero-order chi connectivity index (χ0) is 14.4. The zero-order valence-corrected chi connectivity index (χ0v) is 11.2. The van der Waals surface area contributed by atoms with Crippen molar-refractivity contribution in [2.45, 2.75) is 44.8 Å². The third-order valence-electron chi connectivity index (χ3n) is 3.47. The van der Waals surface area contributed by atoms with Gasteiger partial charge >= 0.3 is 6.09 Å². The first-order chi connectivity index (χ1) is 9.66. The van der Waals surface area contributed by atoms with E-state index in [1.165, 1.54) is 12.5 Å². The van der Waals surface area contributed by atoms with E-state index in [-0.39, 0.29) is 18.3 Å². The number of alkyl carbamates (subject to hydrolysis) is 1. The van der Waals surface area contributed by atoms with Crippen LogP contribution in [-0.2, 0) is 11.3 Å². The van der Waals surface area contributed by atoms with Gasteiger partial charge in [0.2, 0.25) is 0 Å². The van der Waals surface area contributed by atoms with E-state index in [1.807, 2.05) is 0 Å². The minimum atomic E-state index is -0.505. The van der Waals surface area contributed by atoms with Gasteiger partial charge in [-0.05, 0) is 18.9 Å². The van der Waals surface area contributed by atoms with Crippen molar-refractivity contribution in [2.75, 3.05) is 0 Å². The lowest BCUT2D eigenvalue weighted by molar-refractivity contribution is -0.385. The predicted molar refractivity (Wildman–Crippen MR) is 73.3 cm³/mol. The topological polar surface area (TPSA) is 81.5 Å². The first-order valence-electron chi connectivity index (χ1n) is 6.82. The van der Waals surface area contributed by atoms with Crippen LogP contribution >= 0.6 is 0 Å². The fraction of sp³-hybridized carbons (Fsp3) is 0.500. The highest BCUT2D eigenvalue weighted by Gasteiger charge is 2.18. The summed E-state index contributed by atoms with van der Waals surface area (Å²) in [7, 11) is 0. The SMILES string of the molecule is O=C(NC1CCCCC1)OCc1ccccc1[N+](=O)[O-]. The van der Waals surface area contributed by atoms with Gasteiger partial charge in [0.1, 0.15) is 6.61 Å². The Bertz CT molecular complexity index is 484. The molecule has 6 nitrogen and oxygen atoms in total. The molecule has 1 aromatic rings. The van der Waals surface area contributed by atoms with Gasteiger partial charge in [-0.25, -0.2) is 4.79 Å². The minimum absolute atomic E-state index is 0.0297. The summed E-state index contributed by atoms with van der Waals surface area (Å²) in [6, 6.07) is 6.43. The number of hydrogen-bond donors (Lipinski definition) is 1. The van der Waals surface area contributed by atoms with Crippen molar-refractivity contribution in [3.8, 4) is 0 Å². The lowest BCUT2D eigenvalue weighted by atomic mass is 9.96. The van der Waals surface area contributed by atoms with E-state index < -0.39 is 11.0 Å². The molecule has 0 radical (unpaired) electrons. The molecule has 1 aliphatic rings. The molecule has 0 spiro atoms. The zero-order valence-electron chi connectivity index (χ0n) is 11.2. The summed E-state index contributed by atoms with van der Waals surface area (Å²) < 4.78 is 5.07. The number of rotatable bonds is 4. The van der Waals surface area contributed by atoms with Gasteiger partial charge in [0.25, 0.3) is 5.69 Å². The Morgan fingerprint density at radius 3 is 2.70 bits per heavy atom. The van der Waals surface area contributed by atoms with Crippen LogP contribution < -0.4 is 5.32 Å². The molecule has 0 saturated heterocycles. The molecule has 0 atom stereocenters. The van der Waals surface area contributed by atoms with Crippen LogP contribution in [0.4, 0.5) is 10.5 Å². The van der Waals surface area contributed by atoms with Crippen LogP contribution in [0.3, 0.4) is 0 Å². The number of nitro benzene ring substituents is 1. The van der Waals surface area contributed by atoms with Crippen molar-refractivity contribution in [3.63, 3.8) is 0 Å². The summed E-state index contributed by atoms with van der Waals surface area (Å²) in [6.45, 7) is -0.0876. The molecule has 0 aromatic heterocycles. The Kier molecular flexibility index (Phi) is 4.92. The summed E-state index contributed by atoms with van der Waals surface area (Å²) in [6.07, 6.45) is 4.89. The van der Waals surface area contributed by atoms with Crippen molar-refractivity contribution >= 4 is 11.8 Å². The molecule has 6 heteroatoms. The molecule has 1 amide bonds. The Balaban J connectivity index is 1.85. The smallest absolute Gasteiger partial charge is 0.407 e. The second kappa shape index (κ2) is 6.88. The van der Waals surface area contributed by atoms with Gasteiger partial charge in [0.15, 0.2) is 0 Å². The van der Waals surface area contributed by atoms with Gasteiger partial charge in [-0.1, -0.05) is 31.4 Å². The number of ether oxygens (including phenoxy) is 1. The van der Waals surface area contributed by atoms with Crippen LogP contribution in [0.25, 0.3) is 0 Å². The van der Waals surface area contributed by atoms with Crippen LogP contribution in [0, 0.1) is 10.1 Å². The van der Waals surface area contributed by atoms with Crippen molar-refractivity contribution in [3.05, 3.63) is 39.9 Å². The van der Waals surface area contributed by atoms with Crippen LogP contribution in [0.5, 0.6) is 0 Å². The number of nitro groups is 1. The fourth-order valence-corrected chi connectivity index (χ4v) is 2.41. The summed E-state index contributed by atoms with van der Waals surface area (Å²) >= 11 is 0. The first kappa shape index (κ1) is 14.3. The second-order valence-corrected chi connectivity index (χ2v) is 4.94. The van der Waals surface area contributed by atoms with Crippen molar-refractivity contribution in [2.24, 2.45) is 0 Å². The number of carbonyl (C=O) groups is 1. The summed E-state index contributed by atoms with van der Waals surface area (Å²) in [4.78, 5) is 22.0.